The van der Waals surface area contributed by atoms with Gasteiger partial charge < -0.3 is 0 Å². The van der Waals surface area contributed by atoms with E-state index < -0.39 is 14.8 Å². The number of nitro groups is 1. The van der Waals surface area contributed by atoms with E-state index in [1.165, 1.54) is 30.0 Å². The first-order valence-corrected chi connectivity index (χ1v) is 9.19. The molecule has 0 unspecified atom stereocenters. The molecule has 0 saturated carbocycles. The summed E-state index contributed by atoms with van der Waals surface area (Å²) in [6.07, 6.45) is 1.13. The lowest BCUT2D eigenvalue weighted by Crippen LogP contribution is -1.96. The summed E-state index contributed by atoms with van der Waals surface area (Å²) in [6.45, 7) is 0. The fourth-order valence-electron chi connectivity index (χ4n) is 1.60. The van der Waals surface area contributed by atoms with Crippen molar-refractivity contribution in [3.63, 3.8) is 0 Å². The van der Waals surface area contributed by atoms with E-state index >= 15 is 0 Å². The highest BCUT2D eigenvalue weighted by Gasteiger charge is 2.15. The Morgan fingerprint density at radius 2 is 1.76 bits per heavy atom. The summed E-state index contributed by atoms with van der Waals surface area (Å²) in [6, 6.07) is 11.1. The van der Waals surface area contributed by atoms with Crippen LogP contribution < -0.4 is 0 Å². The molecule has 0 amide bonds. The van der Waals surface area contributed by atoms with E-state index in [0.717, 1.165) is 11.2 Å². The Labute approximate surface area is 134 Å². The van der Waals surface area contributed by atoms with Crippen LogP contribution in [0.25, 0.3) is 0 Å². The number of nitrogens with zero attached hydrogens (tertiary/aromatic N) is 1. The van der Waals surface area contributed by atoms with Crippen molar-refractivity contribution in [2.24, 2.45) is 0 Å². The van der Waals surface area contributed by atoms with Crippen molar-refractivity contribution in [1.82, 2.24) is 0 Å². The molecule has 0 spiro atoms. The maximum Gasteiger partial charge on any atom is 0.284 e. The molecule has 0 heterocycles. The van der Waals surface area contributed by atoms with Gasteiger partial charge in [0.25, 0.3) is 5.69 Å². The molecule has 0 bridgehead atoms. The van der Waals surface area contributed by atoms with Gasteiger partial charge in [0, 0.05) is 21.7 Å². The van der Waals surface area contributed by atoms with Gasteiger partial charge >= 0.3 is 0 Å². The molecule has 0 aromatic heterocycles. The van der Waals surface area contributed by atoms with Crippen molar-refractivity contribution < 1.29 is 13.3 Å². The molecule has 0 saturated heterocycles. The van der Waals surface area contributed by atoms with E-state index in [2.05, 4.69) is 15.9 Å². The monoisotopic (exact) mass is 387 g/mol. The van der Waals surface area contributed by atoms with Gasteiger partial charge in [-0.15, -0.1) is 0 Å². The molecule has 0 atom stereocenters. The third kappa shape index (κ3) is 4.05. The fraction of sp³-hybridized carbons (Fsp3) is 0.0769. The minimum Gasteiger partial charge on any atom is -0.258 e. The Morgan fingerprint density at radius 1 is 1.14 bits per heavy atom. The molecule has 110 valence electrons. The molecule has 21 heavy (non-hydrogen) atoms. The van der Waals surface area contributed by atoms with Crippen LogP contribution in [-0.2, 0) is 9.84 Å². The Balaban J connectivity index is 2.33. The zero-order valence-electron chi connectivity index (χ0n) is 10.8. The number of sulfone groups is 1. The zero-order chi connectivity index (χ0) is 15.6. The van der Waals surface area contributed by atoms with Crippen LogP contribution in [0, 0.1) is 10.1 Å². The van der Waals surface area contributed by atoms with Gasteiger partial charge in [0.2, 0.25) is 0 Å². The average molecular weight is 388 g/mol. The van der Waals surface area contributed by atoms with Crippen LogP contribution in [0.15, 0.2) is 61.6 Å². The number of rotatable bonds is 4. The summed E-state index contributed by atoms with van der Waals surface area (Å²) in [5.41, 5.74) is 0.00145. The van der Waals surface area contributed by atoms with Crippen LogP contribution >= 0.6 is 27.7 Å². The molecule has 5 nitrogen and oxygen atoms in total. The summed E-state index contributed by atoms with van der Waals surface area (Å²) in [4.78, 5) is 12.0. The van der Waals surface area contributed by atoms with Gasteiger partial charge in [0.15, 0.2) is 9.84 Å². The van der Waals surface area contributed by atoms with Gasteiger partial charge in [-0.2, -0.15) is 0 Å². The first-order valence-electron chi connectivity index (χ1n) is 5.69. The van der Waals surface area contributed by atoms with Crippen LogP contribution in [-0.4, -0.2) is 19.6 Å². The van der Waals surface area contributed by atoms with Gasteiger partial charge in [0.1, 0.15) is 0 Å². The van der Waals surface area contributed by atoms with E-state index in [1.807, 2.05) is 0 Å². The average Bonchev–Trinajstić information content (AvgIpc) is 2.40. The van der Waals surface area contributed by atoms with Crippen molar-refractivity contribution in [3.8, 4) is 0 Å². The highest BCUT2D eigenvalue weighted by molar-refractivity contribution is 9.10. The summed E-state index contributed by atoms with van der Waals surface area (Å²) < 4.78 is 23.4. The van der Waals surface area contributed by atoms with Crippen LogP contribution in [0.1, 0.15) is 0 Å². The predicted molar refractivity (Wildman–Crippen MR) is 84.5 cm³/mol. The third-order valence-corrected chi connectivity index (χ3v) is 5.29. The molecule has 0 N–H and O–H groups in total. The quantitative estimate of drug-likeness (QED) is 0.586. The molecule has 0 aliphatic carbocycles. The lowest BCUT2D eigenvalue weighted by molar-refractivity contribution is -0.387. The topological polar surface area (TPSA) is 77.3 Å². The second kappa shape index (κ2) is 6.17. The normalized spacial score (nSPS) is 11.3. The molecule has 2 aromatic rings. The van der Waals surface area contributed by atoms with Gasteiger partial charge in [-0.1, -0.05) is 27.7 Å². The standard InChI is InChI=1S/C13H10BrNO4S2/c1-21(18,19)11-5-3-10(4-6-11)20-13-7-2-9(14)8-12(13)15(16)17/h2-8H,1H3. The number of hydrogen-bond donors (Lipinski definition) is 0. The number of benzene rings is 2. The minimum absolute atomic E-state index is 0.00145. The predicted octanol–water partition coefficient (Wildman–Crippen LogP) is 3.91. The van der Waals surface area contributed by atoms with Gasteiger partial charge in [0.05, 0.1) is 14.7 Å². The Kier molecular flexibility index (Phi) is 4.70. The van der Waals surface area contributed by atoms with Crippen LogP contribution in [0.5, 0.6) is 0 Å². The van der Waals surface area contributed by atoms with Crippen molar-refractivity contribution >= 4 is 43.2 Å². The molecule has 0 fully saturated rings. The Morgan fingerprint density at radius 3 is 2.29 bits per heavy atom. The van der Waals surface area contributed by atoms with E-state index in [4.69, 9.17) is 0 Å². The van der Waals surface area contributed by atoms with Crippen LogP contribution in [0.2, 0.25) is 0 Å². The van der Waals surface area contributed by atoms with Gasteiger partial charge in [-0.3, -0.25) is 10.1 Å². The van der Waals surface area contributed by atoms with E-state index in [0.29, 0.717) is 9.37 Å². The Bertz CT molecular complexity index is 788. The van der Waals surface area contributed by atoms with Crippen molar-refractivity contribution in [1.29, 1.82) is 0 Å². The highest BCUT2D eigenvalue weighted by Crippen LogP contribution is 2.36. The lowest BCUT2D eigenvalue weighted by Gasteiger charge is -2.04. The lowest BCUT2D eigenvalue weighted by atomic mass is 10.3. The summed E-state index contributed by atoms with van der Waals surface area (Å²) in [5, 5.41) is 11.0. The maximum atomic E-state index is 11.4. The molecular formula is C13H10BrNO4S2. The van der Waals surface area contributed by atoms with E-state index in [-0.39, 0.29) is 10.6 Å². The third-order valence-electron chi connectivity index (χ3n) is 2.60. The van der Waals surface area contributed by atoms with E-state index in [9.17, 15) is 18.5 Å². The zero-order valence-corrected chi connectivity index (χ0v) is 14.0. The van der Waals surface area contributed by atoms with Gasteiger partial charge in [-0.25, -0.2) is 8.42 Å². The van der Waals surface area contributed by atoms with Crippen LogP contribution in [0.4, 0.5) is 5.69 Å². The largest absolute Gasteiger partial charge is 0.284 e. The highest BCUT2D eigenvalue weighted by atomic mass is 79.9. The van der Waals surface area contributed by atoms with E-state index in [1.54, 1.807) is 24.3 Å². The molecule has 8 heteroatoms. The fourth-order valence-corrected chi connectivity index (χ4v) is 3.48. The SMILES string of the molecule is CS(=O)(=O)c1ccc(Sc2ccc(Br)cc2[N+](=O)[O-])cc1. The minimum atomic E-state index is -3.24. The van der Waals surface area contributed by atoms with Crippen LogP contribution in [0.3, 0.4) is 0 Å². The van der Waals surface area contributed by atoms with Crippen molar-refractivity contribution in [3.05, 3.63) is 57.1 Å². The maximum absolute atomic E-state index is 11.4. The molecule has 2 rings (SSSR count). The molecule has 0 radical (unpaired) electrons. The second-order valence-corrected chi connectivity index (χ2v) is 8.26. The first kappa shape index (κ1) is 16.0. The van der Waals surface area contributed by atoms with Crippen molar-refractivity contribution in [2.75, 3.05) is 6.26 Å². The smallest absolute Gasteiger partial charge is 0.258 e. The number of halogens is 1. The number of nitro benzene ring substituents is 1. The summed E-state index contributed by atoms with van der Waals surface area (Å²) >= 11 is 4.41. The van der Waals surface area contributed by atoms with Gasteiger partial charge in [-0.05, 0) is 36.4 Å². The number of hydrogen-bond acceptors (Lipinski definition) is 5. The summed E-state index contributed by atoms with van der Waals surface area (Å²) in [7, 11) is -3.24. The molecule has 2 aromatic carbocycles. The summed E-state index contributed by atoms with van der Waals surface area (Å²) in [5.74, 6) is 0. The molecule has 0 aliphatic heterocycles. The first-order chi connectivity index (χ1) is 9.77. The molecule has 0 aliphatic rings. The molecular weight excluding hydrogens is 378 g/mol. The second-order valence-electron chi connectivity index (χ2n) is 4.21. The Hall–Kier alpha value is -1.38. The van der Waals surface area contributed by atoms with Crippen molar-refractivity contribution in [2.45, 2.75) is 14.7 Å².